The molecule has 0 bridgehead atoms. The predicted octanol–water partition coefficient (Wildman–Crippen LogP) is 7.25. The maximum absolute atomic E-state index is 13.8. The summed E-state index contributed by atoms with van der Waals surface area (Å²) in [7, 11) is 0. The second-order valence-corrected chi connectivity index (χ2v) is 9.47. The number of hydrogen-bond donors (Lipinski definition) is 2. The first-order valence-electron chi connectivity index (χ1n) is 11.3. The van der Waals surface area contributed by atoms with Gasteiger partial charge in [0.15, 0.2) is 0 Å². The molecule has 2 aromatic carbocycles. The van der Waals surface area contributed by atoms with Crippen LogP contribution in [0.4, 0.5) is 18.9 Å². The van der Waals surface area contributed by atoms with Crippen molar-refractivity contribution in [1.82, 2.24) is 4.98 Å². The minimum absolute atomic E-state index is 0.00308. The van der Waals surface area contributed by atoms with Crippen molar-refractivity contribution in [2.24, 2.45) is 11.8 Å². The van der Waals surface area contributed by atoms with E-state index in [1.165, 1.54) is 13.1 Å². The number of carbonyl (C=O) groups is 1. The largest absolute Gasteiger partial charge is 0.481 e. The fourth-order valence-electron chi connectivity index (χ4n) is 4.47. The van der Waals surface area contributed by atoms with Crippen LogP contribution in [0.15, 0.2) is 54.7 Å². The number of para-hydroxylation sites is 1. The number of carboxylic acids is 1. The van der Waals surface area contributed by atoms with Crippen molar-refractivity contribution in [3.63, 3.8) is 0 Å². The summed E-state index contributed by atoms with van der Waals surface area (Å²) in [5.74, 6) is -3.20. The number of halogens is 4. The Morgan fingerprint density at radius 1 is 1.18 bits per heavy atom. The number of anilines is 1. The van der Waals surface area contributed by atoms with Gasteiger partial charge in [-0.2, -0.15) is 13.2 Å². The van der Waals surface area contributed by atoms with Crippen LogP contribution in [0.3, 0.4) is 0 Å². The average molecular weight is 491 g/mol. The van der Waals surface area contributed by atoms with E-state index in [9.17, 15) is 23.1 Å². The van der Waals surface area contributed by atoms with Crippen molar-refractivity contribution in [3.8, 4) is 0 Å². The molecule has 8 heteroatoms. The summed E-state index contributed by atoms with van der Waals surface area (Å²) >= 11 is 6.37. The number of rotatable bonds is 9. The Labute approximate surface area is 201 Å². The Bertz CT molecular complexity index is 1180. The molecule has 1 aromatic heterocycles. The van der Waals surface area contributed by atoms with Crippen LogP contribution < -0.4 is 5.32 Å². The molecule has 180 valence electrons. The molecule has 34 heavy (non-hydrogen) atoms. The highest BCUT2D eigenvalue weighted by atomic mass is 35.5. The lowest BCUT2D eigenvalue weighted by atomic mass is 9.86. The number of pyridine rings is 1. The van der Waals surface area contributed by atoms with E-state index in [0.717, 1.165) is 29.3 Å². The van der Waals surface area contributed by atoms with E-state index in [2.05, 4.69) is 10.3 Å². The molecule has 0 radical (unpaired) electrons. The van der Waals surface area contributed by atoms with Crippen LogP contribution in [-0.2, 0) is 4.79 Å². The molecule has 1 aliphatic rings. The molecule has 3 atom stereocenters. The molecule has 0 amide bonds. The van der Waals surface area contributed by atoms with Crippen LogP contribution in [0, 0.1) is 11.8 Å². The highest BCUT2D eigenvalue weighted by molar-refractivity contribution is 6.33. The zero-order valence-electron chi connectivity index (χ0n) is 18.6. The summed E-state index contributed by atoms with van der Waals surface area (Å²) in [5, 5.41) is 13.6. The summed E-state index contributed by atoms with van der Waals surface area (Å²) in [6.07, 6.45) is -0.914. The Morgan fingerprint density at radius 3 is 2.59 bits per heavy atom. The van der Waals surface area contributed by atoms with Crippen LogP contribution in [0.25, 0.3) is 10.9 Å². The number of nitrogens with one attached hydrogen (secondary N) is 1. The summed E-state index contributed by atoms with van der Waals surface area (Å²) in [4.78, 5) is 15.7. The van der Waals surface area contributed by atoms with Gasteiger partial charge < -0.3 is 10.4 Å². The number of carboxylic acid groups (broad SMARTS) is 1. The zero-order valence-corrected chi connectivity index (χ0v) is 19.4. The standard InChI is InChI=1S/C26H26ClF3N2O2/c1-15(26(28,29)30)21(19-10-18-4-2-3-5-23(18)31-13-19)14-32-24-11-17(8-9-22(24)27)20(12-25(33)34)16-6-7-16/h2-5,8-11,13,15-16,20-21,32H,6-7,12,14H2,1H3,(H,33,34)/t15-,20+,21+/m1/s1. The molecule has 1 saturated carbocycles. The Morgan fingerprint density at radius 2 is 1.91 bits per heavy atom. The van der Waals surface area contributed by atoms with Crippen molar-refractivity contribution in [1.29, 1.82) is 0 Å². The summed E-state index contributed by atoms with van der Waals surface area (Å²) in [6.45, 7) is 1.17. The van der Waals surface area contributed by atoms with Crippen molar-refractivity contribution in [2.75, 3.05) is 11.9 Å². The molecule has 4 nitrogen and oxygen atoms in total. The minimum atomic E-state index is -4.39. The first-order valence-corrected chi connectivity index (χ1v) is 11.7. The van der Waals surface area contributed by atoms with E-state index >= 15 is 0 Å². The molecule has 0 aliphatic heterocycles. The van der Waals surface area contributed by atoms with Gasteiger partial charge in [0, 0.05) is 24.0 Å². The maximum atomic E-state index is 13.8. The molecule has 1 heterocycles. The summed E-state index contributed by atoms with van der Waals surface area (Å²) in [5.41, 5.74) is 2.55. The predicted molar refractivity (Wildman–Crippen MR) is 127 cm³/mol. The molecule has 2 N–H and O–H groups in total. The SMILES string of the molecule is C[C@H]([C@H](CNc1cc([C@@H](CC(=O)O)C2CC2)ccc1Cl)c1cnc2ccccc2c1)C(F)(F)F. The summed E-state index contributed by atoms with van der Waals surface area (Å²) in [6, 6.07) is 14.3. The molecule has 0 unspecified atom stereocenters. The molecular weight excluding hydrogens is 465 g/mol. The van der Waals surface area contributed by atoms with E-state index in [4.69, 9.17) is 11.6 Å². The third-order valence-electron chi connectivity index (χ3n) is 6.68. The molecule has 0 spiro atoms. The second-order valence-electron chi connectivity index (χ2n) is 9.06. The highest BCUT2D eigenvalue weighted by Crippen LogP contribution is 2.45. The van der Waals surface area contributed by atoms with Crippen molar-refractivity contribution in [2.45, 2.75) is 44.2 Å². The first kappa shape index (κ1) is 24.3. The van der Waals surface area contributed by atoms with Crippen LogP contribution >= 0.6 is 11.6 Å². The van der Waals surface area contributed by atoms with E-state index in [1.807, 2.05) is 30.3 Å². The van der Waals surface area contributed by atoms with Gasteiger partial charge in [-0.15, -0.1) is 0 Å². The number of benzene rings is 2. The maximum Gasteiger partial charge on any atom is 0.392 e. The van der Waals surface area contributed by atoms with Gasteiger partial charge in [-0.05, 0) is 60.1 Å². The van der Waals surface area contributed by atoms with Crippen LogP contribution in [0.1, 0.15) is 49.1 Å². The van der Waals surface area contributed by atoms with Gasteiger partial charge in [-0.1, -0.05) is 42.8 Å². The lowest BCUT2D eigenvalue weighted by Gasteiger charge is -2.27. The van der Waals surface area contributed by atoms with Gasteiger partial charge in [-0.3, -0.25) is 9.78 Å². The van der Waals surface area contributed by atoms with Crippen molar-refractivity contribution in [3.05, 3.63) is 70.9 Å². The van der Waals surface area contributed by atoms with Crippen molar-refractivity contribution < 1.29 is 23.1 Å². The molecular formula is C26H26ClF3N2O2. The smallest absolute Gasteiger partial charge is 0.392 e. The monoisotopic (exact) mass is 490 g/mol. The lowest BCUT2D eigenvalue weighted by Crippen LogP contribution is -2.30. The number of alkyl halides is 3. The fraction of sp³-hybridized carbons (Fsp3) is 0.385. The lowest BCUT2D eigenvalue weighted by molar-refractivity contribution is -0.174. The molecule has 3 aromatic rings. The minimum Gasteiger partial charge on any atom is -0.481 e. The Kier molecular flexibility index (Phi) is 7.03. The van der Waals surface area contributed by atoms with E-state index in [0.29, 0.717) is 22.2 Å². The molecule has 1 fully saturated rings. The van der Waals surface area contributed by atoms with E-state index in [1.54, 1.807) is 18.2 Å². The average Bonchev–Trinajstić information content (AvgIpc) is 3.63. The Hall–Kier alpha value is -2.80. The molecule has 4 rings (SSSR count). The number of fused-ring (bicyclic) bond motifs is 1. The molecule has 0 saturated heterocycles. The van der Waals surface area contributed by atoms with Crippen LogP contribution in [0.5, 0.6) is 0 Å². The van der Waals surface area contributed by atoms with E-state index in [-0.39, 0.29) is 18.9 Å². The number of aromatic nitrogens is 1. The van der Waals surface area contributed by atoms with Gasteiger partial charge in [0.05, 0.1) is 28.6 Å². The topological polar surface area (TPSA) is 62.2 Å². The highest BCUT2D eigenvalue weighted by Gasteiger charge is 2.42. The third-order valence-corrected chi connectivity index (χ3v) is 7.01. The third kappa shape index (κ3) is 5.63. The first-order chi connectivity index (χ1) is 16.1. The van der Waals surface area contributed by atoms with Gasteiger partial charge in [-0.25, -0.2) is 0 Å². The molecule has 1 aliphatic carbocycles. The zero-order chi connectivity index (χ0) is 24.5. The quantitative estimate of drug-likeness (QED) is 0.331. The van der Waals surface area contributed by atoms with Gasteiger partial charge in [0.1, 0.15) is 0 Å². The van der Waals surface area contributed by atoms with Crippen LogP contribution in [-0.4, -0.2) is 28.8 Å². The summed E-state index contributed by atoms with van der Waals surface area (Å²) < 4.78 is 41.3. The van der Waals surface area contributed by atoms with E-state index < -0.39 is 24.0 Å². The van der Waals surface area contributed by atoms with Gasteiger partial charge in [0.2, 0.25) is 0 Å². The van der Waals surface area contributed by atoms with Gasteiger partial charge >= 0.3 is 12.1 Å². The number of aliphatic carboxylic acids is 1. The second kappa shape index (κ2) is 9.82. The normalized spacial score (nSPS) is 16.7. The van der Waals surface area contributed by atoms with Crippen molar-refractivity contribution >= 4 is 34.2 Å². The Balaban J connectivity index is 1.61. The van der Waals surface area contributed by atoms with Crippen LogP contribution in [0.2, 0.25) is 5.02 Å². The fourth-order valence-corrected chi connectivity index (χ4v) is 4.66. The number of nitrogens with zero attached hydrogens (tertiary/aromatic N) is 1. The number of hydrogen-bond acceptors (Lipinski definition) is 3. The van der Waals surface area contributed by atoms with Gasteiger partial charge in [0.25, 0.3) is 0 Å².